The summed E-state index contributed by atoms with van der Waals surface area (Å²) in [5, 5.41) is 8.45. The molecule has 1 saturated heterocycles. The monoisotopic (exact) mass is 240 g/mol. The molecular formula is C8H8F4N2O2. The van der Waals surface area contributed by atoms with Crippen molar-refractivity contribution in [3.63, 3.8) is 0 Å². The van der Waals surface area contributed by atoms with Crippen molar-refractivity contribution in [2.75, 3.05) is 19.7 Å². The number of ether oxygens (including phenoxy) is 1. The fourth-order valence-electron chi connectivity index (χ4n) is 1.22. The first-order valence-electron chi connectivity index (χ1n) is 4.36. The Morgan fingerprint density at radius 1 is 1.56 bits per heavy atom. The maximum absolute atomic E-state index is 12.7. The highest BCUT2D eigenvalue weighted by Gasteiger charge is 2.51. The van der Waals surface area contributed by atoms with Gasteiger partial charge in [0.1, 0.15) is 0 Å². The zero-order valence-electron chi connectivity index (χ0n) is 8.00. The van der Waals surface area contributed by atoms with Crippen LogP contribution in [0.15, 0.2) is 0 Å². The van der Waals surface area contributed by atoms with Gasteiger partial charge in [-0.15, -0.1) is 0 Å². The summed E-state index contributed by atoms with van der Waals surface area (Å²) in [6, 6.07) is 1.62. The number of alkyl halides is 4. The number of nitriles is 1. The molecule has 1 heterocycles. The standard InChI is InChI=1S/C8H8F4N2O2/c9-6(10)8(11,12)7(15)14-1-2-16-5(3-13)4-14/h5-6H,1-2,4H2. The Morgan fingerprint density at radius 3 is 2.69 bits per heavy atom. The summed E-state index contributed by atoms with van der Waals surface area (Å²) in [7, 11) is 0. The topological polar surface area (TPSA) is 53.3 Å². The molecule has 0 radical (unpaired) electrons. The molecule has 1 atom stereocenters. The normalized spacial score (nSPS) is 22.0. The summed E-state index contributed by atoms with van der Waals surface area (Å²) in [5.74, 6) is -6.68. The zero-order chi connectivity index (χ0) is 12.3. The van der Waals surface area contributed by atoms with E-state index in [2.05, 4.69) is 0 Å². The van der Waals surface area contributed by atoms with Gasteiger partial charge in [-0.1, -0.05) is 0 Å². The van der Waals surface area contributed by atoms with Crippen LogP contribution in [-0.4, -0.2) is 49.0 Å². The number of halogens is 4. The summed E-state index contributed by atoms with van der Waals surface area (Å²) in [4.78, 5) is 11.6. The molecule has 1 amide bonds. The van der Waals surface area contributed by atoms with Crippen molar-refractivity contribution in [2.24, 2.45) is 0 Å². The molecule has 1 rings (SSSR count). The largest absolute Gasteiger partial charge is 0.383 e. The summed E-state index contributed by atoms with van der Waals surface area (Å²) >= 11 is 0. The zero-order valence-corrected chi connectivity index (χ0v) is 8.00. The summed E-state index contributed by atoms with van der Waals surface area (Å²) < 4.78 is 54.0. The van der Waals surface area contributed by atoms with Crippen LogP contribution >= 0.6 is 0 Å². The molecule has 0 aromatic heterocycles. The molecule has 0 saturated carbocycles. The average Bonchev–Trinajstić information content (AvgIpc) is 2.27. The fraction of sp³-hybridized carbons (Fsp3) is 0.750. The van der Waals surface area contributed by atoms with Crippen LogP contribution in [0.2, 0.25) is 0 Å². The highest BCUT2D eigenvalue weighted by Crippen LogP contribution is 2.26. The lowest BCUT2D eigenvalue weighted by Crippen LogP contribution is -2.53. The Bertz CT molecular complexity index is 316. The number of morpholine rings is 1. The van der Waals surface area contributed by atoms with E-state index in [-0.39, 0.29) is 13.2 Å². The van der Waals surface area contributed by atoms with Gasteiger partial charge in [-0.25, -0.2) is 8.78 Å². The number of hydrogen-bond donors (Lipinski definition) is 0. The third-order valence-electron chi connectivity index (χ3n) is 2.06. The average molecular weight is 240 g/mol. The fourth-order valence-corrected chi connectivity index (χ4v) is 1.22. The molecule has 1 aliphatic heterocycles. The smallest absolute Gasteiger partial charge is 0.360 e. The highest BCUT2D eigenvalue weighted by molar-refractivity contribution is 5.84. The van der Waals surface area contributed by atoms with Crippen molar-refractivity contribution in [3.8, 4) is 6.07 Å². The van der Waals surface area contributed by atoms with Crippen LogP contribution in [-0.2, 0) is 9.53 Å². The highest BCUT2D eigenvalue weighted by atomic mass is 19.3. The van der Waals surface area contributed by atoms with Crippen molar-refractivity contribution in [3.05, 3.63) is 0 Å². The molecule has 4 nitrogen and oxygen atoms in total. The van der Waals surface area contributed by atoms with E-state index in [4.69, 9.17) is 10.00 Å². The van der Waals surface area contributed by atoms with Crippen LogP contribution in [0.4, 0.5) is 17.6 Å². The van der Waals surface area contributed by atoms with Crippen LogP contribution in [0, 0.1) is 11.3 Å². The molecule has 1 unspecified atom stereocenters. The van der Waals surface area contributed by atoms with E-state index in [1.165, 1.54) is 0 Å². The predicted molar refractivity (Wildman–Crippen MR) is 42.9 cm³/mol. The lowest BCUT2D eigenvalue weighted by atomic mass is 10.2. The number of hydrogen-bond acceptors (Lipinski definition) is 3. The Labute approximate surface area is 88.4 Å². The minimum absolute atomic E-state index is 0.122. The molecule has 0 bridgehead atoms. The van der Waals surface area contributed by atoms with Crippen molar-refractivity contribution in [2.45, 2.75) is 18.5 Å². The van der Waals surface area contributed by atoms with Crippen LogP contribution in [0.5, 0.6) is 0 Å². The Hall–Kier alpha value is -1.36. The minimum atomic E-state index is -4.71. The number of amides is 1. The molecule has 8 heteroatoms. The molecule has 0 N–H and O–H groups in total. The maximum atomic E-state index is 12.7. The van der Waals surface area contributed by atoms with Gasteiger partial charge < -0.3 is 9.64 Å². The second-order valence-electron chi connectivity index (χ2n) is 3.16. The van der Waals surface area contributed by atoms with Crippen LogP contribution in [0.1, 0.15) is 0 Å². The van der Waals surface area contributed by atoms with Crippen molar-refractivity contribution < 1.29 is 27.1 Å². The number of rotatable bonds is 2. The maximum Gasteiger partial charge on any atom is 0.383 e. The van der Waals surface area contributed by atoms with Gasteiger partial charge in [0.2, 0.25) is 0 Å². The first-order valence-corrected chi connectivity index (χ1v) is 4.36. The van der Waals surface area contributed by atoms with Crippen LogP contribution < -0.4 is 0 Å². The lowest BCUT2D eigenvalue weighted by Gasteiger charge is -2.31. The Morgan fingerprint density at radius 2 is 2.19 bits per heavy atom. The van der Waals surface area contributed by atoms with Gasteiger partial charge in [-0.2, -0.15) is 14.0 Å². The Kier molecular flexibility index (Phi) is 3.70. The van der Waals surface area contributed by atoms with Crippen LogP contribution in [0.25, 0.3) is 0 Å². The molecule has 1 fully saturated rings. The number of carbonyl (C=O) groups is 1. The molecule has 1 aliphatic rings. The quantitative estimate of drug-likeness (QED) is 0.665. The Balaban J connectivity index is 2.71. The molecule has 16 heavy (non-hydrogen) atoms. The van der Waals surface area contributed by atoms with E-state index in [0.29, 0.717) is 4.90 Å². The third-order valence-corrected chi connectivity index (χ3v) is 2.06. The molecular weight excluding hydrogens is 232 g/mol. The van der Waals surface area contributed by atoms with Gasteiger partial charge >= 0.3 is 12.3 Å². The first kappa shape index (κ1) is 12.7. The second kappa shape index (κ2) is 4.65. The van der Waals surface area contributed by atoms with Crippen molar-refractivity contribution in [1.82, 2.24) is 4.90 Å². The van der Waals surface area contributed by atoms with Gasteiger partial charge in [-0.05, 0) is 0 Å². The van der Waals surface area contributed by atoms with E-state index < -0.39 is 30.9 Å². The van der Waals surface area contributed by atoms with E-state index in [1.54, 1.807) is 6.07 Å². The summed E-state index contributed by atoms with van der Waals surface area (Å²) in [6.07, 6.45) is -5.10. The van der Waals surface area contributed by atoms with Crippen molar-refractivity contribution >= 4 is 5.91 Å². The molecule has 0 aromatic rings. The number of nitrogens with zero attached hydrogens (tertiary/aromatic N) is 2. The van der Waals surface area contributed by atoms with E-state index in [9.17, 15) is 22.4 Å². The SMILES string of the molecule is N#CC1CN(C(=O)C(F)(F)C(F)F)CCO1. The first-order chi connectivity index (χ1) is 7.39. The van der Waals surface area contributed by atoms with Crippen molar-refractivity contribution in [1.29, 1.82) is 5.26 Å². The van der Waals surface area contributed by atoms with Gasteiger partial charge in [0.15, 0.2) is 6.10 Å². The van der Waals surface area contributed by atoms with E-state index in [1.807, 2.05) is 0 Å². The van der Waals surface area contributed by atoms with Gasteiger partial charge in [0.05, 0.1) is 19.2 Å². The second-order valence-corrected chi connectivity index (χ2v) is 3.16. The van der Waals surface area contributed by atoms with Gasteiger partial charge in [0.25, 0.3) is 5.91 Å². The molecule has 0 spiro atoms. The number of carbonyl (C=O) groups excluding carboxylic acids is 1. The van der Waals surface area contributed by atoms with E-state index >= 15 is 0 Å². The predicted octanol–water partition coefficient (Wildman–Crippen LogP) is 0.638. The van der Waals surface area contributed by atoms with Gasteiger partial charge in [0, 0.05) is 6.54 Å². The molecule has 0 aromatic carbocycles. The van der Waals surface area contributed by atoms with Crippen LogP contribution in [0.3, 0.4) is 0 Å². The third kappa shape index (κ3) is 2.41. The lowest BCUT2D eigenvalue weighted by molar-refractivity contribution is -0.185. The van der Waals surface area contributed by atoms with E-state index in [0.717, 1.165) is 0 Å². The summed E-state index contributed by atoms with van der Waals surface area (Å²) in [6.45, 7) is -0.764. The minimum Gasteiger partial charge on any atom is -0.360 e. The van der Waals surface area contributed by atoms with Gasteiger partial charge in [-0.3, -0.25) is 4.79 Å². The molecule has 90 valence electrons. The summed E-state index contributed by atoms with van der Waals surface area (Å²) in [5.41, 5.74) is 0. The molecule has 0 aliphatic carbocycles.